The molecule has 0 fully saturated rings. The zero-order valence-electron chi connectivity index (χ0n) is 12.3. The number of aryl methyl sites for hydroxylation is 1. The third kappa shape index (κ3) is 3.90. The van der Waals surface area contributed by atoms with E-state index in [1.165, 1.54) is 5.56 Å². The maximum Gasteiger partial charge on any atom is 0.229 e. The second kappa shape index (κ2) is 6.66. The minimum Gasteiger partial charge on any atom is -0.393 e. The van der Waals surface area contributed by atoms with E-state index in [9.17, 15) is 5.11 Å². The molecule has 0 aliphatic rings. The fourth-order valence-corrected chi connectivity index (χ4v) is 2.17. The molecule has 0 amide bonds. The van der Waals surface area contributed by atoms with Gasteiger partial charge in [-0.05, 0) is 24.3 Å². The molecular weight excluding hydrogens is 252 g/mol. The van der Waals surface area contributed by atoms with Gasteiger partial charge in [0.2, 0.25) is 11.7 Å². The summed E-state index contributed by atoms with van der Waals surface area (Å²) in [5.41, 5.74) is 2.22. The molecule has 1 atom stereocenters. The number of aliphatic hydroxyl groups is 1. The average Bonchev–Trinajstić information content (AvgIpc) is 2.86. The van der Waals surface area contributed by atoms with Gasteiger partial charge >= 0.3 is 0 Å². The second-order valence-electron chi connectivity index (χ2n) is 5.55. The zero-order valence-corrected chi connectivity index (χ0v) is 12.3. The Kier molecular flexibility index (Phi) is 4.90. The molecular formula is C16H22N2O2. The van der Waals surface area contributed by atoms with Gasteiger partial charge in [0.1, 0.15) is 0 Å². The van der Waals surface area contributed by atoms with Gasteiger partial charge in [-0.3, -0.25) is 0 Å². The topological polar surface area (TPSA) is 59.2 Å². The van der Waals surface area contributed by atoms with Crippen LogP contribution >= 0.6 is 0 Å². The Morgan fingerprint density at radius 1 is 1.20 bits per heavy atom. The molecule has 1 aromatic carbocycles. The first kappa shape index (κ1) is 14.7. The van der Waals surface area contributed by atoms with Gasteiger partial charge in [0, 0.05) is 5.56 Å². The van der Waals surface area contributed by atoms with Crippen LogP contribution in [0.15, 0.2) is 28.8 Å². The molecule has 0 radical (unpaired) electrons. The van der Waals surface area contributed by atoms with Gasteiger partial charge in [-0.15, -0.1) is 0 Å². The first-order valence-corrected chi connectivity index (χ1v) is 7.18. The first-order chi connectivity index (χ1) is 9.58. The van der Waals surface area contributed by atoms with Crippen molar-refractivity contribution < 1.29 is 9.63 Å². The summed E-state index contributed by atoms with van der Waals surface area (Å²) < 4.78 is 5.21. The van der Waals surface area contributed by atoms with Crippen LogP contribution in [0.1, 0.15) is 38.6 Å². The maximum absolute atomic E-state index is 9.89. The summed E-state index contributed by atoms with van der Waals surface area (Å²) in [6, 6.07) is 8.13. The zero-order chi connectivity index (χ0) is 14.5. The molecule has 1 heterocycles. The van der Waals surface area contributed by atoms with E-state index in [1.807, 2.05) is 12.1 Å². The van der Waals surface area contributed by atoms with E-state index in [0.717, 1.165) is 18.4 Å². The summed E-state index contributed by atoms with van der Waals surface area (Å²) in [5, 5.41) is 13.9. The van der Waals surface area contributed by atoms with Crippen LogP contribution in [0.2, 0.25) is 0 Å². The first-order valence-electron chi connectivity index (χ1n) is 7.18. The van der Waals surface area contributed by atoms with Gasteiger partial charge in [0.15, 0.2) is 0 Å². The SMILES string of the molecule is CCc1ccc(-c2noc(CC(O)CC(C)C)n2)cc1. The predicted molar refractivity (Wildman–Crippen MR) is 78.3 cm³/mol. The molecule has 0 saturated heterocycles. The van der Waals surface area contributed by atoms with Crippen molar-refractivity contribution in [3.63, 3.8) is 0 Å². The Hall–Kier alpha value is -1.68. The molecule has 4 nitrogen and oxygen atoms in total. The van der Waals surface area contributed by atoms with Crippen LogP contribution in [-0.2, 0) is 12.8 Å². The lowest BCUT2D eigenvalue weighted by atomic mass is 10.0. The second-order valence-corrected chi connectivity index (χ2v) is 5.55. The lowest BCUT2D eigenvalue weighted by Crippen LogP contribution is -2.13. The number of rotatable bonds is 6. The molecule has 108 valence electrons. The van der Waals surface area contributed by atoms with Crippen molar-refractivity contribution >= 4 is 0 Å². The van der Waals surface area contributed by atoms with Gasteiger partial charge in [-0.25, -0.2) is 0 Å². The van der Waals surface area contributed by atoms with E-state index < -0.39 is 6.10 Å². The lowest BCUT2D eigenvalue weighted by molar-refractivity contribution is 0.138. The molecule has 0 bridgehead atoms. The summed E-state index contributed by atoms with van der Waals surface area (Å²) in [5.74, 6) is 1.53. The van der Waals surface area contributed by atoms with Crippen LogP contribution in [0.5, 0.6) is 0 Å². The highest BCUT2D eigenvalue weighted by Crippen LogP contribution is 2.18. The van der Waals surface area contributed by atoms with Crippen molar-refractivity contribution in [3.8, 4) is 11.4 Å². The quantitative estimate of drug-likeness (QED) is 0.878. The van der Waals surface area contributed by atoms with E-state index in [1.54, 1.807) is 0 Å². The number of hydrogen-bond donors (Lipinski definition) is 1. The Labute approximate surface area is 119 Å². The smallest absolute Gasteiger partial charge is 0.229 e. The van der Waals surface area contributed by atoms with Crippen LogP contribution in [0, 0.1) is 5.92 Å². The molecule has 0 saturated carbocycles. The molecule has 2 rings (SSSR count). The summed E-state index contributed by atoms with van der Waals surface area (Å²) in [6.45, 7) is 6.28. The van der Waals surface area contributed by atoms with Crippen LogP contribution in [0.3, 0.4) is 0 Å². The third-order valence-corrected chi connectivity index (χ3v) is 3.24. The number of nitrogens with zero attached hydrogens (tertiary/aromatic N) is 2. The standard InChI is InChI=1S/C16H22N2O2/c1-4-12-5-7-13(8-6-12)16-17-15(20-18-16)10-14(19)9-11(2)3/h5-8,11,14,19H,4,9-10H2,1-3H3. The monoisotopic (exact) mass is 274 g/mol. The molecule has 2 aromatic rings. The van der Waals surface area contributed by atoms with Crippen LogP contribution in [0.4, 0.5) is 0 Å². The van der Waals surface area contributed by atoms with Crippen molar-refractivity contribution in [1.29, 1.82) is 0 Å². The van der Waals surface area contributed by atoms with Gasteiger partial charge in [-0.1, -0.05) is 50.2 Å². The minimum atomic E-state index is -0.425. The largest absolute Gasteiger partial charge is 0.393 e. The maximum atomic E-state index is 9.89. The van der Waals surface area contributed by atoms with Crippen LogP contribution in [-0.4, -0.2) is 21.4 Å². The predicted octanol–water partition coefficient (Wildman–Crippen LogP) is 3.25. The van der Waals surface area contributed by atoms with Gasteiger partial charge in [0.05, 0.1) is 12.5 Å². The van der Waals surface area contributed by atoms with Crippen molar-refractivity contribution in [2.45, 2.75) is 46.1 Å². The van der Waals surface area contributed by atoms with Gasteiger partial charge in [0.25, 0.3) is 0 Å². The Bertz CT molecular complexity index is 532. The van der Waals surface area contributed by atoms with Crippen molar-refractivity contribution in [2.75, 3.05) is 0 Å². The highest BCUT2D eigenvalue weighted by atomic mass is 16.5. The third-order valence-electron chi connectivity index (χ3n) is 3.24. The van der Waals surface area contributed by atoms with E-state index in [0.29, 0.717) is 24.1 Å². The Balaban J connectivity index is 2.04. The summed E-state index contributed by atoms with van der Waals surface area (Å²) in [6.07, 6.45) is 1.74. The highest BCUT2D eigenvalue weighted by molar-refractivity contribution is 5.54. The van der Waals surface area contributed by atoms with Crippen molar-refractivity contribution in [1.82, 2.24) is 10.1 Å². The Morgan fingerprint density at radius 2 is 1.90 bits per heavy atom. The van der Waals surface area contributed by atoms with E-state index in [-0.39, 0.29) is 0 Å². The summed E-state index contributed by atoms with van der Waals surface area (Å²) in [7, 11) is 0. The van der Waals surface area contributed by atoms with E-state index in [4.69, 9.17) is 4.52 Å². The summed E-state index contributed by atoms with van der Waals surface area (Å²) >= 11 is 0. The normalized spacial score (nSPS) is 12.8. The number of benzene rings is 1. The number of hydrogen-bond acceptors (Lipinski definition) is 4. The number of aliphatic hydroxyl groups excluding tert-OH is 1. The molecule has 4 heteroatoms. The lowest BCUT2D eigenvalue weighted by Gasteiger charge is -2.09. The van der Waals surface area contributed by atoms with Crippen LogP contribution < -0.4 is 0 Å². The molecule has 1 aromatic heterocycles. The summed E-state index contributed by atoms with van der Waals surface area (Å²) in [4.78, 5) is 4.35. The van der Waals surface area contributed by atoms with E-state index >= 15 is 0 Å². The van der Waals surface area contributed by atoms with Gasteiger partial charge < -0.3 is 9.63 Å². The Morgan fingerprint density at radius 3 is 2.50 bits per heavy atom. The highest BCUT2D eigenvalue weighted by Gasteiger charge is 2.14. The molecule has 0 spiro atoms. The van der Waals surface area contributed by atoms with Gasteiger partial charge in [-0.2, -0.15) is 4.98 Å². The minimum absolute atomic E-state index is 0.415. The fourth-order valence-electron chi connectivity index (χ4n) is 2.17. The average molecular weight is 274 g/mol. The van der Waals surface area contributed by atoms with Crippen molar-refractivity contribution in [3.05, 3.63) is 35.7 Å². The molecule has 20 heavy (non-hydrogen) atoms. The molecule has 1 N–H and O–H groups in total. The molecule has 0 aliphatic carbocycles. The molecule has 1 unspecified atom stereocenters. The van der Waals surface area contributed by atoms with Crippen LogP contribution in [0.25, 0.3) is 11.4 Å². The fraction of sp³-hybridized carbons (Fsp3) is 0.500. The molecule has 0 aliphatic heterocycles. The van der Waals surface area contributed by atoms with E-state index in [2.05, 4.69) is 43.0 Å². The number of aromatic nitrogens is 2. The van der Waals surface area contributed by atoms with Crippen molar-refractivity contribution in [2.24, 2.45) is 5.92 Å².